The number of hydrogen-bond donors (Lipinski definition) is 2. The summed E-state index contributed by atoms with van der Waals surface area (Å²) in [5.41, 5.74) is 1.13. The molecule has 4 nitrogen and oxygen atoms in total. The number of hydrogen-bond acceptors (Lipinski definition) is 4. The van der Waals surface area contributed by atoms with Gasteiger partial charge in [0.25, 0.3) is 0 Å². The Balaban J connectivity index is 2.08. The van der Waals surface area contributed by atoms with Crippen molar-refractivity contribution in [3.05, 3.63) is 11.9 Å². The van der Waals surface area contributed by atoms with E-state index in [0.29, 0.717) is 12.0 Å². The molecule has 112 valence electrons. The van der Waals surface area contributed by atoms with Crippen molar-refractivity contribution in [3.8, 4) is 0 Å². The van der Waals surface area contributed by atoms with E-state index in [2.05, 4.69) is 48.3 Å². The van der Waals surface area contributed by atoms with Crippen LogP contribution < -0.4 is 10.6 Å². The van der Waals surface area contributed by atoms with Crippen LogP contribution in [0.2, 0.25) is 0 Å². The quantitative estimate of drug-likeness (QED) is 0.858. The zero-order valence-corrected chi connectivity index (χ0v) is 13.2. The Morgan fingerprint density at radius 3 is 2.70 bits per heavy atom. The Bertz CT molecular complexity index is 432. The number of nitrogens with one attached hydrogen (secondary N) is 2. The first-order valence-electron chi connectivity index (χ1n) is 7.95. The minimum Gasteiger partial charge on any atom is -0.370 e. The first kappa shape index (κ1) is 15.1. The van der Waals surface area contributed by atoms with Crippen molar-refractivity contribution in [2.24, 2.45) is 11.8 Å². The third-order valence-electron chi connectivity index (χ3n) is 4.66. The van der Waals surface area contributed by atoms with Crippen molar-refractivity contribution in [1.29, 1.82) is 0 Å². The minimum atomic E-state index is 0.534. The number of nitrogens with zero attached hydrogens (tertiary/aromatic N) is 2. The van der Waals surface area contributed by atoms with Crippen LogP contribution in [0.5, 0.6) is 0 Å². The van der Waals surface area contributed by atoms with E-state index in [1.807, 2.05) is 0 Å². The lowest BCUT2D eigenvalue weighted by Crippen LogP contribution is -2.35. The van der Waals surface area contributed by atoms with Gasteiger partial charge >= 0.3 is 0 Å². The largest absolute Gasteiger partial charge is 0.370 e. The Morgan fingerprint density at radius 2 is 1.95 bits per heavy atom. The predicted octanol–water partition coefficient (Wildman–Crippen LogP) is 3.84. The highest BCUT2D eigenvalue weighted by Crippen LogP contribution is 2.32. The fraction of sp³-hybridized carbons (Fsp3) is 0.750. The summed E-state index contributed by atoms with van der Waals surface area (Å²) in [7, 11) is 0. The molecule has 0 aromatic carbocycles. The lowest BCUT2D eigenvalue weighted by Gasteiger charge is -2.35. The molecule has 1 aliphatic carbocycles. The van der Waals surface area contributed by atoms with E-state index in [1.54, 1.807) is 6.33 Å². The molecule has 2 rings (SSSR count). The number of anilines is 2. The van der Waals surface area contributed by atoms with Crippen LogP contribution >= 0.6 is 0 Å². The molecule has 1 aromatic rings. The van der Waals surface area contributed by atoms with Gasteiger partial charge < -0.3 is 10.6 Å². The van der Waals surface area contributed by atoms with Gasteiger partial charge in [0.15, 0.2) is 0 Å². The van der Waals surface area contributed by atoms with Crippen LogP contribution in [0.15, 0.2) is 6.33 Å². The highest BCUT2D eigenvalue weighted by Gasteiger charge is 2.27. The summed E-state index contributed by atoms with van der Waals surface area (Å²) >= 11 is 0. The second-order valence-corrected chi connectivity index (χ2v) is 6.14. The van der Waals surface area contributed by atoms with Crippen LogP contribution in [0.1, 0.15) is 52.0 Å². The van der Waals surface area contributed by atoms with E-state index < -0.39 is 0 Å². The van der Waals surface area contributed by atoms with E-state index in [-0.39, 0.29) is 0 Å². The van der Waals surface area contributed by atoms with Crippen molar-refractivity contribution in [2.75, 3.05) is 17.2 Å². The van der Waals surface area contributed by atoms with Crippen molar-refractivity contribution in [3.63, 3.8) is 0 Å². The molecule has 0 spiro atoms. The van der Waals surface area contributed by atoms with Crippen LogP contribution in [0.25, 0.3) is 0 Å². The summed E-state index contributed by atoms with van der Waals surface area (Å²) < 4.78 is 0. The maximum atomic E-state index is 4.44. The van der Waals surface area contributed by atoms with Crippen molar-refractivity contribution >= 4 is 11.6 Å². The molecule has 1 aromatic heterocycles. The van der Waals surface area contributed by atoms with Gasteiger partial charge in [-0.1, -0.05) is 33.6 Å². The second kappa shape index (κ2) is 6.91. The Kier molecular flexibility index (Phi) is 5.21. The summed E-state index contributed by atoms with van der Waals surface area (Å²) in [5, 5.41) is 7.02. The average Bonchev–Trinajstić information content (AvgIpc) is 2.44. The third kappa shape index (κ3) is 3.41. The SMILES string of the molecule is CCCNc1ncnc(NC2CCCC(C)C2C)c1C. The summed E-state index contributed by atoms with van der Waals surface area (Å²) in [6.45, 7) is 9.92. The van der Waals surface area contributed by atoms with Crippen molar-refractivity contribution in [1.82, 2.24) is 9.97 Å². The molecular formula is C16H28N4. The van der Waals surface area contributed by atoms with Crippen LogP contribution in [0, 0.1) is 18.8 Å². The molecule has 3 unspecified atom stereocenters. The van der Waals surface area contributed by atoms with E-state index in [9.17, 15) is 0 Å². The Morgan fingerprint density at radius 1 is 1.20 bits per heavy atom. The molecule has 0 amide bonds. The van der Waals surface area contributed by atoms with E-state index in [1.165, 1.54) is 19.3 Å². The normalized spacial score (nSPS) is 26.3. The predicted molar refractivity (Wildman–Crippen MR) is 85.1 cm³/mol. The van der Waals surface area contributed by atoms with Crippen LogP contribution in [-0.4, -0.2) is 22.6 Å². The Hall–Kier alpha value is -1.32. The third-order valence-corrected chi connectivity index (χ3v) is 4.66. The molecular weight excluding hydrogens is 248 g/mol. The fourth-order valence-corrected chi connectivity index (χ4v) is 2.98. The maximum absolute atomic E-state index is 4.44. The van der Waals surface area contributed by atoms with Crippen LogP contribution in [-0.2, 0) is 0 Å². The average molecular weight is 276 g/mol. The second-order valence-electron chi connectivity index (χ2n) is 6.14. The molecule has 4 heteroatoms. The summed E-state index contributed by atoms with van der Waals surface area (Å²) in [6, 6.07) is 0.534. The summed E-state index contributed by atoms with van der Waals surface area (Å²) in [5.74, 6) is 3.44. The molecule has 3 atom stereocenters. The minimum absolute atomic E-state index is 0.534. The van der Waals surface area contributed by atoms with Gasteiger partial charge in [-0.15, -0.1) is 0 Å². The lowest BCUT2D eigenvalue weighted by atomic mass is 9.78. The molecule has 1 saturated carbocycles. The fourth-order valence-electron chi connectivity index (χ4n) is 2.98. The van der Waals surface area contributed by atoms with Crippen LogP contribution in [0.3, 0.4) is 0 Å². The van der Waals surface area contributed by atoms with Gasteiger partial charge in [-0.2, -0.15) is 0 Å². The van der Waals surface area contributed by atoms with Gasteiger partial charge in [-0.25, -0.2) is 9.97 Å². The zero-order chi connectivity index (χ0) is 14.5. The molecule has 1 aliphatic rings. The summed E-state index contributed by atoms with van der Waals surface area (Å²) in [6.07, 6.45) is 6.67. The molecule has 1 fully saturated rings. The van der Waals surface area contributed by atoms with Gasteiger partial charge in [0.2, 0.25) is 0 Å². The zero-order valence-electron chi connectivity index (χ0n) is 13.2. The smallest absolute Gasteiger partial charge is 0.134 e. The topological polar surface area (TPSA) is 49.8 Å². The molecule has 0 bridgehead atoms. The molecule has 0 radical (unpaired) electrons. The molecule has 0 saturated heterocycles. The maximum Gasteiger partial charge on any atom is 0.134 e. The van der Waals surface area contributed by atoms with Gasteiger partial charge in [0.1, 0.15) is 18.0 Å². The number of rotatable bonds is 5. The van der Waals surface area contributed by atoms with Gasteiger partial charge in [0.05, 0.1) is 0 Å². The molecule has 20 heavy (non-hydrogen) atoms. The van der Waals surface area contributed by atoms with E-state index in [4.69, 9.17) is 0 Å². The first-order chi connectivity index (χ1) is 9.63. The monoisotopic (exact) mass is 276 g/mol. The van der Waals surface area contributed by atoms with Crippen molar-refractivity contribution < 1.29 is 0 Å². The van der Waals surface area contributed by atoms with E-state index >= 15 is 0 Å². The van der Waals surface area contributed by atoms with E-state index in [0.717, 1.165) is 36.1 Å². The molecule has 2 N–H and O–H groups in total. The van der Waals surface area contributed by atoms with Crippen LogP contribution in [0.4, 0.5) is 11.6 Å². The summed E-state index contributed by atoms with van der Waals surface area (Å²) in [4.78, 5) is 8.78. The highest BCUT2D eigenvalue weighted by atomic mass is 15.1. The van der Waals surface area contributed by atoms with Gasteiger partial charge in [0, 0.05) is 18.2 Å². The highest BCUT2D eigenvalue weighted by molar-refractivity contribution is 5.56. The Labute approximate surface area is 122 Å². The number of aromatic nitrogens is 2. The van der Waals surface area contributed by atoms with Gasteiger partial charge in [-0.3, -0.25) is 0 Å². The first-order valence-corrected chi connectivity index (χ1v) is 7.95. The molecule has 0 aliphatic heterocycles. The standard InChI is InChI=1S/C16H28N4/c1-5-9-17-15-13(4)16(19-10-18-15)20-14-8-6-7-11(2)12(14)3/h10-12,14H,5-9H2,1-4H3,(H2,17,18,19,20). The molecule has 1 heterocycles. The van der Waals surface area contributed by atoms with Crippen molar-refractivity contribution in [2.45, 2.75) is 59.4 Å². The van der Waals surface area contributed by atoms with Gasteiger partial charge in [-0.05, 0) is 31.6 Å². The lowest BCUT2D eigenvalue weighted by molar-refractivity contribution is 0.253.